The van der Waals surface area contributed by atoms with Crippen molar-refractivity contribution >= 4 is 35.3 Å². The van der Waals surface area contributed by atoms with E-state index in [1.54, 1.807) is 11.3 Å². The fraction of sp³-hybridized carbons (Fsp3) is 0.300. The van der Waals surface area contributed by atoms with E-state index in [0.717, 1.165) is 29.9 Å². The maximum Gasteiger partial charge on any atom is 0.300 e. The molecule has 1 aliphatic rings. The lowest BCUT2D eigenvalue weighted by atomic mass is 10.2. The number of hydrogen-bond donors (Lipinski definition) is 1. The zero-order valence-corrected chi connectivity index (χ0v) is 17.7. The van der Waals surface area contributed by atoms with Gasteiger partial charge in [-0.1, -0.05) is 23.7 Å². The standard InChI is InChI=1S/C18H21ClN6.C2H4O2/c1-23(12-14-4-6-15(19)7-5-14)17-10-8-16(9-11-17)21-22-18-24(2)13-20-25(18)3;1-2(3)4/h4-11,13,18H,12H2,1-3H3;1H3,(H,3,4). The van der Waals surface area contributed by atoms with Crippen molar-refractivity contribution in [2.75, 3.05) is 26.0 Å². The first-order valence-corrected chi connectivity index (χ1v) is 9.29. The van der Waals surface area contributed by atoms with E-state index in [0.29, 0.717) is 0 Å². The Morgan fingerprint density at radius 3 is 2.28 bits per heavy atom. The number of benzene rings is 2. The van der Waals surface area contributed by atoms with E-state index in [4.69, 9.17) is 21.5 Å². The SMILES string of the molecule is CC(=O)O.CN(Cc1ccc(Cl)cc1)c1ccc(N=NC2N(C)C=NN2C)cc1. The molecule has 0 spiro atoms. The molecule has 0 saturated carbocycles. The minimum atomic E-state index is -0.833. The third kappa shape index (κ3) is 7.08. The van der Waals surface area contributed by atoms with Crippen LogP contribution in [0.3, 0.4) is 0 Å². The number of carbonyl (C=O) groups is 1. The van der Waals surface area contributed by atoms with Gasteiger partial charge in [0.05, 0.1) is 5.69 Å². The zero-order chi connectivity index (χ0) is 21.4. The largest absolute Gasteiger partial charge is 0.481 e. The number of aliphatic carboxylic acids is 1. The normalized spacial score (nSPS) is 15.4. The second-order valence-electron chi connectivity index (χ2n) is 6.55. The minimum absolute atomic E-state index is 0.188. The van der Waals surface area contributed by atoms with Gasteiger partial charge in [0, 0.05) is 45.3 Å². The minimum Gasteiger partial charge on any atom is -0.481 e. The molecule has 0 amide bonds. The average Bonchev–Trinajstić information content (AvgIpc) is 2.99. The molecular weight excluding hydrogens is 392 g/mol. The molecule has 2 aromatic rings. The zero-order valence-electron chi connectivity index (χ0n) is 16.9. The Morgan fingerprint density at radius 2 is 1.76 bits per heavy atom. The lowest BCUT2D eigenvalue weighted by molar-refractivity contribution is -0.134. The summed E-state index contributed by atoms with van der Waals surface area (Å²) in [4.78, 5) is 13.1. The monoisotopic (exact) mass is 416 g/mol. The van der Waals surface area contributed by atoms with Crippen molar-refractivity contribution in [1.29, 1.82) is 0 Å². The fourth-order valence-electron chi connectivity index (χ4n) is 2.55. The number of azo groups is 1. The van der Waals surface area contributed by atoms with Crippen LogP contribution in [0, 0.1) is 0 Å². The highest BCUT2D eigenvalue weighted by atomic mass is 35.5. The van der Waals surface area contributed by atoms with Crippen LogP contribution in [-0.2, 0) is 11.3 Å². The van der Waals surface area contributed by atoms with Crippen molar-refractivity contribution < 1.29 is 9.90 Å². The lowest BCUT2D eigenvalue weighted by Gasteiger charge is -2.20. The second-order valence-corrected chi connectivity index (χ2v) is 6.99. The number of halogens is 1. The molecule has 1 unspecified atom stereocenters. The molecule has 3 rings (SSSR count). The van der Waals surface area contributed by atoms with Crippen LogP contribution in [0.2, 0.25) is 5.02 Å². The Morgan fingerprint density at radius 1 is 1.17 bits per heavy atom. The van der Waals surface area contributed by atoms with E-state index in [1.807, 2.05) is 67.5 Å². The highest BCUT2D eigenvalue weighted by Gasteiger charge is 2.20. The molecule has 0 bridgehead atoms. The van der Waals surface area contributed by atoms with E-state index < -0.39 is 5.97 Å². The summed E-state index contributed by atoms with van der Waals surface area (Å²) in [5, 5.41) is 22.7. The summed E-state index contributed by atoms with van der Waals surface area (Å²) in [7, 11) is 5.86. The molecule has 1 atom stereocenters. The summed E-state index contributed by atoms with van der Waals surface area (Å²) < 4.78 is 0. The molecule has 1 aliphatic heterocycles. The smallest absolute Gasteiger partial charge is 0.300 e. The molecule has 29 heavy (non-hydrogen) atoms. The molecule has 1 heterocycles. The van der Waals surface area contributed by atoms with Gasteiger partial charge in [0.25, 0.3) is 5.97 Å². The molecule has 2 aromatic carbocycles. The lowest BCUT2D eigenvalue weighted by Crippen LogP contribution is -2.32. The van der Waals surface area contributed by atoms with Gasteiger partial charge in [0.2, 0.25) is 6.29 Å². The first kappa shape index (κ1) is 22.2. The third-order valence-corrected chi connectivity index (χ3v) is 4.27. The maximum atomic E-state index is 9.00. The predicted octanol–water partition coefficient (Wildman–Crippen LogP) is 4.26. The fourth-order valence-corrected chi connectivity index (χ4v) is 2.67. The summed E-state index contributed by atoms with van der Waals surface area (Å²) >= 11 is 5.93. The number of rotatable bonds is 5. The highest BCUT2D eigenvalue weighted by Crippen LogP contribution is 2.22. The summed E-state index contributed by atoms with van der Waals surface area (Å²) in [6, 6.07) is 15.9. The molecule has 0 fully saturated rings. The molecule has 8 nitrogen and oxygen atoms in total. The Bertz CT molecular complexity index is 838. The van der Waals surface area contributed by atoms with Gasteiger partial charge in [-0.3, -0.25) is 9.80 Å². The van der Waals surface area contributed by atoms with Gasteiger partial charge in [-0.05, 0) is 42.0 Å². The number of nitrogens with zero attached hydrogens (tertiary/aromatic N) is 6. The highest BCUT2D eigenvalue weighted by molar-refractivity contribution is 6.30. The second kappa shape index (κ2) is 10.4. The van der Waals surface area contributed by atoms with Gasteiger partial charge in [-0.15, -0.1) is 5.11 Å². The summed E-state index contributed by atoms with van der Waals surface area (Å²) in [6.07, 6.45) is 1.55. The Labute approximate surface area is 175 Å². The van der Waals surface area contributed by atoms with E-state index >= 15 is 0 Å². The molecule has 9 heteroatoms. The van der Waals surface area contributed by atoms with E-state index in [-0.39, 0.29) is 6.29 Å². The Hall–Kier alpha value is -3.13. The van der Waals surface area contributed by atoms with Crippen LogP contribution in [0.4, 0.5) is 11.4 Å². The molecule has 0 saturated heterocycles. The summed E-state index contributed by atoms with van der Waals surface area (Å²) in [5.74, 6) is -0.833. The van der Waals surface area contributed by atoms with Crippen LogP contribution in [0.15, 0.2) is 63.9 Å². The third-order valence-electron chi connectivity index (χ3n) is 4.01. The van der Waals surface area contributed by atoms with Crippen LogP contribution in [-0.4, -0.2) is 54.8 Å². The molecular formula is C20H25ClN6O2. The van der Waals surface area contributed by atoms with Crippen LogP contribution < -0.4 is 4.90 Å². The molecule has 0 radical (unpaired) electrons. The van der Waals surface area contributed by atoms with Crippen molar-refractivity contribution in [3.63, 3.8) is 0 Å². The van der Waals surface area contributed by atoms with Gasteiger partial charge >= 0.3 is 0 Å². The van der Waals surface area contributed by atoms with Gasteiger partial charge in [-0.25, -0.2) is 0 Å². The average molecular weight is 417 g/mol. The van der Waals surface area contributed by atoms with Crippen molar-refractivity contribution in [1.82, 2.24) is 9.91 Å². The number of carboxylic acids is 1. The van der Waals surface area contributed by atoms with E-state index in [1.165, 1.54) is 5.56 Å². The predicted molar refractivity (Wildman–Crippen MR) is 116 cm³/mol. The first-order valence-electron chi connectivity index (χ1n) is 8.91. The quantitative estimate of drug-likeness (QED) is 0.736. The summed E-state index contributed by atoms with van der Waals surface area (Å²) in [6.45, 7) is 1.90. The van der Waals surface area contributed by atoms with Gasteiger partial charge < -0.3 is 14.9 Å². The number of hydrogen-bond acceptors (Lipinski definition) is 7. The van der Waals surface area contributed by atoms with Crippen LogP contribution in [0.1, 0.15) is 12.5 Å². The maximum absolute atomic E-state index is 9.00. The number of carboxylic acid groups (broad SMARTS) is 1. The Balaban J connectivity index is 0.000000687. The first-order chi connectivity index (χ1) is 13.8. The molecule has 0 aliphatic carbocycles. The van der Waals surface area contributed by atoms with Crippen molar-refractivity contribution in [3.05, 3.63) is 59.1 Å². The van der Waals surface area contributed by atoms with Gasteiger partial charge in [-0.2, -0.15) is 10.2 Å². The van der Waals surface area contributed by atoms with E-state index in [2.05, 4.69) is 27.3 Å². The molecule has 1 N–H and O–H groups in total. The molecule has 0 aromatic heterocycles. The van der Waals surface area contributed by atoms with Crippen LogP contribution in [0.25, 0.3) is 0 Å². The summed E-state index contributed by atoms with van der Waals surface area (Å²) in [5.41, 5.74) is 3.15. The topological polar surface area (TPSA) is 84.1 Å². The van der Waals surface area contributed by atoms with E-state index in [9.17, 15) is 0 Å². The van der Waals surface area contributed by atoms with Crippen molar-refractivity contribution in [2.24, 2.45) is 15.3 Å². The van der Waals surface area contributed by atoms with Gasteiger partial charge in [0.15, 0.2) is 0 Å². The number of hydrazone groups is 1. The number of anilines is 1. The van der Waals surface area contributed by atoms with Crippen molar-refractivity contribution in [2.45, 2.75) is 19.8 Å². The Kier molecular flexibility index (Phi) is 7.97. The van der Waals surface area contributed by atoms with Gasteiger partial charge in [0.1, 0.15) is 6.34 Å². The van der Waals surface area contributed by atoms with Crippen molar-refractivity contribution in [3.8, 4) is 0 Å². The van der Waals surface area contributed by atoms with Crippen LogP contribution >= 0.6 is 11.6 Å². The molecule has 154 valence electrons. The van der Waals surface area contributed by atoms with Crippen LogP contribution in [0.5, 0.6) is 0 Å².